The van der Waals surface area contributed by atoms with Gasteiger partial charge in [-0.25, -0.2) is 5.43 Å². The number of rotatable bonds is 9. The van der Waals surface area contributed by atoms with Crippen LogP contribution in [0, 0.1) is 6.92 Å². The fourth-order valence-corrected chi connectivity index (χ4v) is 3.66. The minimum Gasteiger partial charge on any atom is -0.431 e. The summed E-state index contributed by atoms with van der Waals surface area (Å²) in [7, 11) is 0. The zero-order chi connectivity index (χ0) is 23.1. The first-order chi connectivity index (χ1) is 15.3. The molecule has 0 bridgehead atoms. The number of carbonyl (C=O) groups excluding carboxylic acids is 1. The van der Waals surface area contributed by atoms with Crippen LogP contribution < -0.4 is 14.9 Å². The smallest absolute Gasteiger partial charge is 0.387 e. The lowest BCUT2D eigenvalue weighted by atomic mass is 10.2. The van der Waals surface area contributed by atoms with Gasteiger partial charge in [0.05, 0.1) is 17.5 Å². The molecule has 1 amide bonds. The number of nitrogens with one attached hydrogen (secondary N) is 1. The van der Waals surface area contributed by atoms with Gasteiger partial charge >= 0.3 is 13.2 Å². The Bertz CT molecular complexity index is 1130. The zero-order valence-electron chi connectivity index (χ0n) is 16.6. The summed E-state index contributed by atoms with van der Waals surface area (Å²) in [4.78, 5) is 17.5. The third-order valence-corrected chi connectivity index (χ3v) is 5.02. The number of para-hydroxylation sites is 1. The highest BCUT2D eigenvalue weighted by atomic mass is 32.2. The van der Waals surface area contributed by atoms with Gasteiger partial charge in [-0.1, -0.05) is 18.2 Å². The molecule has 0 radical (unpaired) electrons. The van der Waals surface area contributed by atoms with Crippen LogP contribution in [-0.4, -0.2) is 36.1 Å². The number of amides is 1. The molecule has 0 aliphatic rings. The maximum atomic E-state index is 12.5. The summed E-state index contributed by atoms with van der Waals surface area (Å²) < 4.78 is 58.1. The van der Waals surface area contributed by atoms with E-state index in [-0.39, 0.29) is 11.3 Å². The third kappa shape index (κ3) is 6.58. The van der Waals surface area contributed by atoms with Gasteiger partial charge in [0.15, 0.2) is 11.5 Å². The molecule has 0 aliphatic heterocycles. The van der Waals surface area contributed by atoms with Gasteiger partial charge in [-0.3, -0.25) is 9.78 Å². The van der Waals surface area contributed by atoms with E-state index in [1.54, 1.807) is 0 Å². The first kappa shape index (κ1) is 23.3. The van der Waals surface area contributed by atoms with Crippen molar-refractivity contribution in [2.24, 2.45) is 5.10 Å². The molecule has 0 atom stereocenters. The summed E-state index contributed by atoms with van der Waals surface area (Å²) in [6, 6.07) is 12.8. The van der Waals surface area contributed by atoms with Crippen molar-refractivity contribution in [2.75, 3.05) is 5.75 Å². The fraction of sp³-hybridized carbons (Fsp3) is 0.190. The molecule has 2 aromatic carbocycles. The Morgan fingerprint density at radius 2 is 1.81 bits per heavy atom. The van der Waals surface area contributed by atoms with E-state index in [9.17, 15) is 22.4 Å². The van der Waals surface area contributed by atoms with Crippen molar-refractivity contribution in [3.63, 3.8) is 0 Å². The number of hydrogen-bond acceptors (Lipinski definition) is 6. The van der Waals surface area contributed by atoms with Gasteiger partial charge in [0.2, 0.25) is 5.91 Å². The van der Waals surface area contributed by atoms with Crippen LogP contribution in [0.2, 0.25) is 0 Å². The Kier molecular flexibility index (Phi) is 7.87. The molecular formula is C21H17F4N3O3S. The van der Waals surface area contributed by atoms with Crippen molar-refractivity contribution in [3.05, 3.63) is 59.8 Å². The highest BCUT2D eigenvalue weighted by Crippen LogP contribution is 2.31. The average Bonchev–Trinajstić information content (AvgIpc) is 2.73. The number of carbonyl (C=O) groups is 1. The van der Waals surface area contributed by atoms with Crippen LogP contribution in [0.25, 0.3) is 10.9 Å². The second-order valence-corrected chi connectivity index (χ2v) is 7.34. The lowest BCUT2D eigenvalue weighted by Gasteiger charge is -2.12. The van der Waals surface area contributed by atoms with E-state index in [4.69, 9.17) is 0 Å². The molecule has 32 heavy (non-hydrogen) atoms. The maximum absolute atomic E-state index is 12.5. The number of hydrogen-bond donors (Lipinski definition) is 1. The molecule has 0 unspecified atom stereocenters. The van der Waals surface area contributed by atoms with E-state index in [1.807, 2.05) is 37.3 Å². The molecule has 168 valence electrons. The van der Waals surface area contributed by atoms with Crippen molar-refractivity contribution < 1.29 is 31.8 Å². The van der Waals surface area contributed by atoms with Gasteiger partial charge in [0, 0.05) is 16.0 Å². The van der Waals surface area contributed by atoms with E-state index in [0.29, 0.717) is 0 Å². The quantitative estimate of drug-likeness (QED) is 0.208. The van der Waals surface area contributed by atoms with E-state index >= 15 is 0 Å². The molecule has 3 aromatic rings. The predicted molar refractivity (Wildman–Crippen MR) is 113 cm³/mol. The summed E-state index contributed by atoms with van der Waals surface area (Å²) in [6.45, 7) is -4.57. The number of fused-ring (bicyclic) bond motifs is 1. The summed E-state index contributed by atoms with van der Waals surface area (Å²) >= 11 is 1.32. The number of hydrazone groups is 1. The van der Waals surface area contributed by atoms with Gasteiger partial charge in [0.25, 0.3) is 0 Å². The lowest BCUT2D eigenvalue weighted by Crippen LogP contribution is -2.19. The minimum atomic E-state index is -3.23. The zero-order valence-corrected chi connectivity index (χ0v) is 17.4. The molecule has 1 heterocycles. The molecule has 6 nitrogen and oxygen atoms in total. The molecule has 0 fully saturated rings. The first-order valence-electron chi connectivity index (χ1n) is 9.16. The van der Waals surface area contributed by atoms with Crippen LogP contribution in [0.5, 0.6) is 11.5 Å². The Balaban J connectivity index is 1.62. The predicted octanol–water partition coefficient (Wildman–Crippen LogP) is 4.99. The SMILES string of the molecule is Cc1cc(SCC(=O)N/N=C/c2ccc(OC(F)F)c(OC(F)F)c2)c2ccccc2n1. The number of halogens is 4. The number of alkyl halides is 4. The number of nitrogens with zero attached hydrogens (tertiary/aromatic N) is 2. The summed E-state index contributed by atoms with van der Waals surface area (Å²) in [5, 5.41) is 4.69. The largest absolute Gasteiger partial charge is 0.431 e. The molecule has 0 spiro atoms. The van der Waals surface area contributed by atoms with Gasteiger partial charge in [-0.05, 0) is 42.8 Å². The number of ether oxygens (including phenoxy) is 2. The monoisotopic (exact) mass is 467 g/mol. The second-order valence-electron chi connectivity index (χ2n) is 6.32. The van der Waals surface area contributed by atoms with Gasteiger partial charge in [-0.15, -0.1) is 11.8 Å². The van der Waals surface area contributed by atoms with Crippen LogP contribution >= 0.6 is 11.8 Å². The molecule has 11 heteroatoms. The van der Waals surface area contributed by atoms with Crippen molar-refractivity contribution >= 4 is 34.8 Å². The van der Waals surface area contributed by atoms with Gasteiger partial charge in [0.1, 0.15) is 0 Å². The van der Waals surface area contributed by atoms with Crippen LogP contribution in [0.1, 0.15) is 11.3 Å². The van der Waals surface area contributed by atoms with Crippen LogP contribution in [0.3, 0.4) is 0 Å². The second kappa shape index (κ2) is 10.8. The Morgan fingerprint density at radius 3 is 2.56 bits per heavy atom. The lowest BCUT2D eigenvalue weighted by molar-refractivity contribution is -0.118. The van der Waals surface area contributed by atoms with E-state index in [1.165, 1.54) is 24.0 Å². The van der Waals surface area contributed by atoms with E-state index in [2.05, 4.69) is 25.0 Å². The molecule has 3 rings (SSSR count). The van der Waals surface area contributed by atoms with E-state index < -0.39 is 30.6 Å². The Morgan fingerprint density at radius 1 is 1.09 bits per heavy atom. The first-order valence-corrected chi connectivity index (χ1v) is 10.1. The van der Waals surface area contributed by atoms with E-state index in [0.717, 1.165) is 33.6 Å². The average molecular weight is 467 g/mol. The number of aromatic nitrogens is 1. The van der Waals surface area contributed by atoms with Crippen LogP contribution in [0.4, 0.5) is 17.6 Å². The molecular weight excluding hydrogens is 450 g/mol. The molecule has 1 N–H and O–H groups in total. The highest BCUT2D eigenvalue weighted by Gasteiger charge is 2.15. The Hall–Kier alpha value is -3.34. The molecule has 0 aliphatic carbocycles. The summed E-state index contributed by atoms with van der Waals surface area (Å²) in [5.41, 5.74) is 4.21. The van der Waals surface area contributed by atoms with Crippen LogP contribution in [0.15, 0.2) is 58.5 Å². The third-order valence-electron chi connectivity index (χ3n) is 3.97. The van der Waals surface area contributed by atoms with Crippen molar-refractivity contribution in [1.29, 1.82) is 0 Å². The topological polar surface area (TPSA) is 72.8 Å². The number of pyridine rings is 1. The van der Waals surface area contributed by atoms with Crippen molar-refractivity contribution in [1.82, 2.24) is 10.4 Å². The van der Waals surface area contributed by atoms with Crippen molar-refractivity contribution in [3.8, 4) is 11.5 Å². The number of thioether (sulfide) groups is 1. The fourth-order valence-electron chi connectivity index (χ4n) is 2.73. The summed E-state index contributed by atoms with van der Waals surface area (Å²) in [5.74, 6) is -1.44. The van der Waals surface area contributed by atoms with Gasteiger partial charge in [-0.2, -0.15) is 22.7 Å². The molecule has 0 saturated carbocycles. The maximum Gasteiger partial charge on any atom is 0.387 e. The minimum absolute atomic E-state index is 0.0751. The van der Waals surface area contributed by atoms with Crippen LogP contribution in [-0.2, 0) is 4.79 Å². The van der Waals surface area contributed by atoms with Crippen molar-refractivity contribution in [2.45, 2.75) is 25.0 Å². The molecule has 0 saturated heterocycles. The standard InChI is InChI=1S/C21H17F4N3O3S/c1-12-8-18(14-4-2-3-5-15(14)27-12)32-11-19(29)28-26-10-13-6-7-16(30-20(22)23)17(9-13)31-21(24)25/h2-10,20-21H,11H2,1H3,(H,28,29)/b26-10+. The normalized spacial score (nSPS) is 11.5. The highest BCUT2D eigenvalue weighted by molar-refractivity contribution is 8.00. The Labute approximate surface area is 184 Å². The number of aryl methyl sites for hydroxylation is 1. The van der Waals surface area contributed by atoms with Gasteiger partial charge < -0.3 is 9.47 Å². The summed E-state index contributed by atoms with van der Waals surface area (Å²) in [6.07, 6.45) is 1.17. The molecule has 1 aromatic heterocycles. The number of benzene rings is 2.